The molecule has 140 valence electrons. The second kappa shape index (κ2) is 7.69. The number of piperidine rings is 1. The van der Waals surface area contributed by atoms with Crippen LogP contribution in [0, 0.1) is 11.7 Å². The van der Waals surface area contributed by atoms with Crippen molar-refractivity contribution in [2.24, 2.45) is 5.92 Å². The van der Waals surface area contributed by atoms with Crippen molar-refractivity contribution in [1.29, 1.82) is 0 Å². The summed E-state index contributed by atoms with van der Waals surface area (Å²) in [7, 11) is 0. The molecule has 4 rings (SSSR count). The van der Waals surface area contributed by atoms with E-state index in [1.54, 1.807) is 24.5 Å². The number of carbonyl (C=O) groups is 1. The van der Waals surface area contributed by atoms with E-state index < -0.39 is 0 Å². The van der Waals surface area contributed by atoms with Crippen LogP contribution in [0.15, 0.2) is 41.2 Å². The quantitative estimate of drug-likeness (QED) is 0.747. The first kappa shape index (κ1) is 17.4. The fraction of sp³-hybridized carbons (Fsp3) is 0.368. The van der Waals surface area contributed by atoms with Crippen LogP contribution in [0.1, 0.15) is 35.4 Å². The number of carbonyl (C=O) groups excluding carboxylic acids is 1. The fourth-order valence-electron chi connectivity index (χ4n) is 3.37. The zero-order valence-electron chi connectivity index (χ0n) is 14.8. The molecule has 0 aliphatic carbocycles. The van der Waals surface area contributed by atoms with Gasteiger partial charge >= 0.3 is 0 Å². The average molecular weight is 369 g/mol. The zero-order valence-corrected chi connectivity index (χ0v) is 14.8. The lowest BCUT2D eigenvalue weighted by Crippen LogP contribution is -2.38. The molecule has 1 aromatic carbocycles. The zero-order chi connectivity index (χ0) is 18.6. The molecule has 1 fully saturated rings. The number of aromatic amines is 1. The molecule has 0 spiro atoms. The molecule has 0 bridgehead atoms. The summed E-state index contributed by atoms with van der Waals surface area (Å²) in [6, 6.07) is 5.99. The summed E-state index contributed by atoms with van der Waals surface area (Å²) >= 11 is 0. The van der Waals surface area contributed by atoms with Gasteiger partial charge in [0, 0.05) is 31.3 Å². The molecular weight excluding hydrogens is 349 g/mol. The van der Waals surface area contributed by atoms with Crippen molar-refractivity contribution in [2.45, 2.75) is 25.7 Å². The van der Waals surface area contributed by atoms with Crippen LogP contribution < -0.4 is 0 Å². The first-order valence-electron chi connectivity index (χ1n) is 9.05. The Labute approximate surface area is 155 Å². The molecule has 8 heteroatoms. The highest BCUT2D eigenvalue weighted by molar-refractivity contribution is 5.93. The third-order valence-electron chi connectivity index (χ3n) is 4.98. The lowest BCUT2D eigenvalue weighted by Gasteiger charge is -2.31. The van der Waals surface area contributed by atoms with Crippen LogP contribution in [0.3, 0.4) is 0 Å². The maximum absolute atomic E-state index is 13.0. The Kier molecular flexibility index (Phi) is 4.95. The van der Waals surface area contributed by atoms with Crippen LogP contribution in [0.5, 0.6) is 0 Å². The molecule has 0 atom stereocenters. The largest absolute Gasteiger partial charge is 0.339 e. The molecule has 3 aromatic rings. The Morgan fingerprint density at radius 2 is 2.04 bits per heavy atom. The summed E-state index contributed by atoms with van der Waals surface area (Å²) < 4.78 is 18.3. The van der Waals surface area contributed by atoms with Gasteiger partial charge in [0.25, 0.3) is 11.8 Å². The molecule has 0 radical (unpaired) electrons. The van der Waals surface area contributed by atoms with Crippen LogP contribution in [0.25, 0.3) is 11.5 Å². The summed E-state index contributed by atoms with van der Waals surface area (Å²) in [6.45, 7) is 1.50. The predicted octanol–water partition coefficient (Wildman–Crippen LogP) is 3.08. The van der Waals surface area contributed by atoms with Crippen molar-refractivity contribution in [3.05, 3.63) is 53.9 Å². The van der Waals surface area contributed by atoms with E-state index in [0.717, 1.165) is 38.8 Å². The van der Waals surface area contributed by atoms with E-state index in [9.17, 15) is 9.18 Å². The van der Waals surface area contributed by atoms with Gasteiger partial charge in [-0.2, -0.15) is 10.1 Å². The van der Waals surface area contributed by atoms with Gasteiger partial charge in [0.15, 0.2) is 5.82 Å². The summed E-state index contributed by atoms with van der Waals surface area (Å²) in [5.41, 5.74) is 1.31. The standard InChI is InChI=1S/C19H20FN5O2/c20-16-4-2-14(3-5-16)18-23-17(24-27-18)6-1-13-7-9-25(10-8-13)19(26)15-11-21-22-12-15/h2-5,11-13H,1,6-10H2,(H,21,22). The highest BCUT2D eigenvalue weighted by Crippen LogP contribution is 2.24. The van der Waals surface area contributed by atoms with Crippen molar-refractivity contribution < 1.29 is 13.7 Å². The Hall–Kier alpha value is -3.03. The summed E-state index contributed by atoms with van der Waals surface area (Å²) in [4.78, 5) is 18.6. The van der Waals surface area contributed by atoms with Crippen LogP contribution >= 0.6 is 0 Å². The number of amides is 1. The van der Waals surface area contributed by atoms with Gasteiger partial charge in [-0.15, -0.1) is 0 Å². The van der Waals surface area contributed by atoms with Crippen molar-refractivity contribution in [3.63, 3.8) is 0 Å². The molecule has 0 saturated carbocycles. The van der Waals surface area contributed by atoms with Crippen molar-refractivity contribution in [2.75, 3.05) is 13.1 Å². The fourth-order valence-corrected chi connectivity index (χ4v) is 3.37. The predicted molar refractivity (Wildman–Crippen MR) is 95.2 cm³/mol. The van der Waals surface area contributed by atoms with Crippen molar-refractivity contribution >= 4 is 5.91 Å². The molecule has 1 N–H and O–H groups in total. The summed E-state index contributed by atoms with van der Waals surface area (Å²) in [5.74, 6) is 1.34. The molecule has 0 unspecified atom stereocenters. The third-order valence-corrected chi connectivity index (χ3v) is 4.98. The number of likely N-dealkylation sites (tertiary alicyclic amines) is 1. The van der Waals surface area contributed by atoms with Gasteiger partial charge in [0.2, 0.25) is 0 Å². The van der Waals surface area contributed by atoms with E-state index in [4.69, 9.17) is 4.52 Å². The number of halogens is 1. The number of H-pyrrole nitrogens is 1. The number of rotatable bonds is 5. The minimum Gasteiger partial charge on any atom is -0.339 e. The maximum Gasteiger partial charge on any atom is 0.257 e. The number of hydrogen-bond acceptors (Lipinski definition) is 5. The third kappa shape index (κ3) is 4.05. The Morgan fingerprint density at radius 3 is 2.74 bits per heavy atom. The van der Waals surface area contributed by atoms with E-state index in [0.29, 0.717) is 28.8 Å². The highest BCUT2D eigenvalue weighted by Gasteiger charge is 2.24. The van der Waals surface area contributed by atoms with Gasteiger partial charge < -0.3 is 9.42 Å². The number of benzene rings is 1. The van der Waals surface area contributed by atoms with E-state index >= 15 is 0 Å². The van der Waals surface area contributed by atoms with Crippen LogP contribution in [-0.4, -0.2) is 44.2 Å². The van der Waals surface area contributed by atoms with Crippen molar-refractivity contribution in [3.8, 4) is 11.5 Å². The maximum atomic E-state index is 13.0. The smallest absolute Gasteiger partial charge is 0.257 e. The highest BCUT2D eigenvalue weighted by atomic mass is 19.1. The summed E-state index contributed by atoms with van der Waals surface area (Å²) in [5, 5.41) is 10.5. The molecular formula is C19H20FN5O2. The van der Waals surface area contributed by atoms with Gasteiger partial charge in [0.05, 0.1) is 11.8 Å². The average Bonchev–Trinajstić information content (AvgIpc) is 3.39. The SMILES string of the molecule is O=C(c1cn[nH]c1)N1CCC(CCc2noc(-c3ccc(F)cc3)n2)CC1. The molecule has 27 heavy (non-hydrogen) atoms. The molecule has 1 saturated heterocycles. The first-order valence-corrected chi connectivity index (χ1v) is 9.05. The van der Waals surface area contributed by atoms with Crippen LogP contribution in [0.2, 0.25) is 0 Å². The van der Waals surface area contributed by atoms with E-state index in [1.165, 1.54) is 12.1 Å². The van der Waals surface area contributed by atoms with E-state index in [2.05, 4.69) is 20.3 Å². The molecule has 1 aliphatic rings. The van der Waals surface area contributed by atoms with E-state index in [1.807, 2.05) is 4.90 Å². The van der Waals surface area contributed by atoms with Gasteiger partial charge in [-0.1, -0.05) is 5.16 Å². The van der Waals surface area contributed by atoms with Crippen LogP contribution in [0.4, 0.5) is 4.39 Å². The minimum atomic E-state index is -0.295. The number of aryl methyl sites for hydroxylation is 1. The molecule has 1 aliphatic heterocycles. The van der Waals surface area contributed by atoms with Gasteiger partial charge in [0.1, 0.15) is 5.82 Å². The molecule has 1 amide bonds. The normalized spacial score (nSPS) is 15.2. The number of aromatic nitrogens is 4. The first-order chi connectivity index (χ1) is 13.2. The Balaban J connectivity index is 1.27. The topological polar surface area (TPSA) is 87.9 Å². The lowest BCUT2D eigenvalue weighted by molar-refractivity contribution is 0.0686. The molecule has 2 aromatic heterocycles. The second-order valence-electron chi connectivity index (χ2n) is 6.78. The van der Waals surface area contributed by atoms with Gasteiger partial charge in [-0.25, -0.2) is 4.39 Å². The van der Waals surface area contributed by atoms with Gasteiger partial charge in [-0.3, -0.25) is 9.89 Å². The Morgan fingerprint density at radius 1 is 1.26 bits per heavy atom. The van der Waals surface area contributed by atoms with Crippen LogP contribution in [-0.2, 0) is 6.42 Å². The monoisotopic (exact) mass is 369 g/mol. The number of hydrogen-bond donors (Lipinski definition) is 1. The minimum absolute atomic E-state index is 0.0318. The number of nitrogens with one attached hydrogen (secondary N) is 1. The summed E-state index contributed by atoms with van der Waals surface area (Å²) in [6.07, 6.45) is 6.80. The second-order valence-corrected chi connectivity index (χ2v) is 6.78. The van der Waals surface area contributed by atoms with E-state index in [-0.39, 0.29) is 11.7 Å². The molecule has 7 nitrogen and oxygen atoms in total. The van der Waals surface area contributed by atoms with Gasteiger partial charge in [-0.05, 0) is 49.4 Å². The number of nitrogens with zero attached hydrogens (tertiary/aromatic N) is 4. The molecule has 3 heterocycles. The Bertz CT molecular complexity index is 883. The van der Waals surface area contributed by atoms with Crippen molar-refractivity contribution in [1.82, 2.24) is 25.2 Å². The lowest BCUT2D eigenvalue weighted by atomic mass is 9.92.